The number of rotatable bonds is 8. The van der Waals surface area contributed by atoms with Crippen molar-refractivity contribution in [1.29, 1.82) is 0 Å². The molecule has 4 rings (SSSR count). The van der Waals surface area contributed by atoms with Gasteiger partial charge < -0.3 is 14.7 Å². The van der Waals surface area contributed by atoms with E-state index in [1.165, 1.54) is 6.07 Å². The fourth-order valence-electron chi connectivity index (χ4n) is 4.39. The fourth-order valence-corrected chi connectivity index (χ4v) is 4.39. The number of carboxylic acids is 1. The molecule has 3 aromatic rings. The normalized spacial score (nSPS) is 12.8. The van der Waals surface area contributed by atoms with Crippen LogP contribution in [0.3, 0.4) is 0 Å². The number of hydrogen-bond acceptors (Lipinski definition) is 4. The molecule has 0 saturated heterocycles. The molecule has 0 atom stereocenters. The molecule has 0 fully saturated rings. The van der Waals surface area contributed by atoms with Gasteiger partial charge in [0.25, 0.3) is 0 Å². The number of benzene rings is 2. The molecule has 2 heterocycles. The average Bonchev–Trinajstić information content (AvgIpc) is 2.84. The monoisotopic (exact) mass is 462 g/mol. The predicted octanol–water partition coefficient (Wildman–Crippen LogP) is 4.43. The van der Waals surface area contributed by atoms with Crippen molar-refractivity contribution >= 4 is 11.9 Å². The average molecular weight is 463 g/mol. The number of aromatic nitrogens is 1. The molecule has 6 nitrogen and oxygen atoms in total. The van der Waals surface area contributed by atoms with E-state index < -0.39 is 5.97 Å². The molecule has 0 saturated carbocycles. The van der Waals surface area contributed by atoms with Gasteiger partial charge in [0.1, 0.15) is 11.6 Å². The Kier molecular flexibility index (Phi) is 7.21. The molecule has 1 aliphatic heterocycles. The van der Waals surface area contributed by atoms with Gasteiger partial charge >= 0.3 is 5.97 Å². The number of amides is 1. The van der Waals surface area contributed by atoms with E-state index in [4.69, 9.17) is 9.84 Å². The van der Waals surface area contributed by atoms with Crippen LogP contribution in [0.25, 0.3) is 11.1 Å². The number of halogens is 1. The summed E-state index contributed by atoms with van der Waals surface area (Å²) in [6, 6.07) is 14.1. The summed E-state index contributed by atoms with van der Waals surface area (Å²) in [5.74, 6) is -0.643. The van der Waals surface area contributed by atoms with Crippen molar-refractivity contribution in [3.8, 4) is 16.9 Å². The van der Waals surface area contributed by atoms with Gasteiger partial charge in [0.15, 0.2) is 0 Å². The summed E-state index contributed by atoms with van der Waals surface area (Å²) in [7, 11) is 0. The van der Waals surface area contributed by atoms with Gasteiger partial charge in [0, 0.05) is 37.0 Å². The maximum atomic E-state index is 14.7. The molecule has 0 aliphatic carbocycles. The van der Waals surface area contributed by atoms with E-state index in [0.29, 0.717) is 55.8 Å². The maximum Gasteiger partial charge on any atom is 0.307 e. The van der Waals surface area contributed by atoms with Crippen molar-refractivity contribution in [1.82, 2.24) is 9.88 Å². The lowest BCUT2D eigenvalue weighted by molar-refractivity contribution is -0.136. The van der Waals surface area contributed by atoms with Crippen LogP contribution in [0.5, 0.6) is 5.75 Å². The molecule has 34 heavy (non-hydrogen) atoms. The van der Waals surface area contributed by atoms with Gasteiger partial charge in [0.05, 0.1) is 13.0 Å². The third-order valence-corrected chi connectivity index (χ3v) is 6.02. The number of nitrogens with zero attached hydrogens (tertiary/aromatic N) is 2. The quantitative estimate of drug-likeness (QED) is 0.536. The highest BCUT2D eigenvalue weighted by molar-refractivity contribution is 5.80. The van der Waals surface area contributed by atoms with Crippen LogP contribution in [-0.4, -0.2) is 40.0 Å². The van der Waals surface area contributed by atoms with Crippen LogP contribution in [0.4, 0.5) is 4.39 Å². The molecule has 1 aliphatic rings. The minimum Gasteiger partial charge on any atom is -0.493 e. The summed E-state index contributed by atoms with van der Waals surface area (Å²) < 4.78 is 20.5. The first-order valence-corrected chi connectivity index (χ1v) is 11.4. The first-order chi connectivity index (χ1) is 16.5. The lowest BCUT2D eigenvalue weighted by Crippen LogP contribution is -2.36. The third-order valence-electron chi connectivity index (χ3n) is 6.02. The number of carbonyl (C=O) groups excluding carboxylic acids is 1. The summed E-state index contributed by atoms with van der Waals surface area (Å²) >= 11 is 0. The van der Waals surface area contributed by atoms with E-state index in [2.05, 4.69) is 4.98 Å². The van der Waals surface area contributed by atoms with E-state index in [1.54, 1.807) is 29.3 Å². The van der Waals surface area contributed by atoms with Gasteiger partial charge in [-0.15, -0.1) is 0 Å². The highest BCUT2D eigenvalue weighted by Gasteiger charge is 2.26. The maximum absolute atomic E-state index is 14.7. The first-order valence-electron chi connectivity index (χ1n) is 11.4. The summed E-state index contributed by atoms with van der Waals surface area (Å²) in [6.07, 6.45) is 2.93. The topological polar surface area (TPSA) is 79.7 Å². The van der Waals surface area contributed by atoms with Gasteiger partial charge in [-0.3, -0.25) is 14.6 Å². The summed E-state index contributed by atoms with van der Waals surface area (Å²) in [5.41, 5.74) is 4.43. The minimum absolute atomic E-state index is 0.00773. The van der Waals surface area contributed by atoms with Gasteiger partial charge in [0.2, 0.25) is 5.91 Å². The lowest BCUT2D eigenvalue weighted by atomic mass is 9.89. The second-order valence-electron chi connectivity index (χ2n) is 8.27. The number of fused-ring (bicyclic) bond motifs is 1. The minimum atomic E-state index is -0.922. The number of aryl methyl sites for hydroxylation is 1. The standard InChI is InChI=1S/C27H27FN2O4/c1-2-34-25-15-18(16-27(32)33)6-8-22(25)20-9-10-24(28)21-12-14-30(17-23(20)21)26(31)11-7-19-5-3-4-13-29-19/h3-6,8-10,13,15H,2,7,11-12,14,16-17H2,1H3,(H,32,33). The zero-order valence-electron chi connectivity index (χ0n) is 19.1. The Bertz CT molecular complexity index is 1200. The van der Waals surface area contributed by atoms with Crippen molar-refractivity contribution < 1.29 is 23.8 Å². The summed E-state index contributed by atoms with van der Waals surface area (Å²) in [5, 5.41) is 9.14. The highest BCUT2D eigenvalue weighted by atomic mass is 19.1. The molecule has 2 aromatic carbocycles. The van der Waals surface area contributed by atoms with Gasteiger partial charge in [-0.25, -0.2) is 4.39 Å². The number of pyridine rings is 1. The van der Waals surface area contributed by atoms with E-state index in [-0.39, 0.29) is 18.1 Å². The van der Waals surface area contributed by atoms with Crippen molar-refractivity contribution in [2.45, 2.75) is 39.2 Å². The Morgan fingerprint density at radius 1 is 1.12 bits per heavy atom. The second kappa shape index (κ2) is 10.5. The predicted molar refractivity (Wildman–Crippen MR) is 126 cm³/mol. The van der Waals surface area contributed by atoms with Crippen molar-refractivity contribution in [2.75, 3.05) is 13.2 Å². The van der Waals surface area contributed by atoms with Crippen LogP contribution >= 0.6 is 0 Å². The third kappa shape index (κ3) is 5.25. The number of carbonyl (C=O) groups is 2. The molecule has 1 aromatic heterocycles. The van der Waals surface area contributed by atoms with Crippen LogP contribution in [-0.2, 0) is 35.4 Å². The van der Waals surface area contributed by atoms with E-state index in [0.717, 1.165) is 22.4 Å². The second-order valence-corrected chi connectivity index (χ2v) is 8.27. The number of aliphatic carboxylic acids is 1. The van der Waals surface area contributed by atoms with Gasteiger partial charge in [-0.1, -0.05) is 24.3 Å². The molecule has 176 valence electrons. The number of carboxylic acid groups (broad SMARTS) is 1. The fraction of sp³-hybridized carbons (Fsp3) is 0.296. The Morgan fingerprint density at radius 3 is 2.68 bits per heavy atom. The molecule has 0 radical (unpaired) electrons. The summed E-state index contributed by atoms with van der Waals surface area (Å²) in [6.45, 7) is 3.04. The van der Waals surface area contributed by atoms with Gasteiger partial charge in [-0.2, -0.15) is 0 Å². The molecular weight excluding hydrogens is 435 g/mol. The van der Waals surface area contributed by atoms with Crippen molar-refractivity contribution in [3.63, 3.8) is 0 Å². The SMILES string of the molecule is CCOc1cc(CC(=O)O)ccc1-c1ccc(F)c2c1CN(C(=O)CCc1ccccn1)CC2. The molecular formula is C27H27FN2O4. The van der Waals surface area contributed by atoms with E-state index >= 15 is 0 Å². The molecule has 1 N–H and O–H groups in total. The Labute approximate surface area is 198 Å². The smallest absolute Gasteiger partial charge is 0.307 e. The van der Waals surface area contributed by atoms with Crippen LogP contribution in [0, 0.1) is 5.82 Å². The van der Waals surface area contributed by atoms with Crippen molar-refractivity contribution in [2.24, 2.45) is 0 Å². The Hall–Kier alpha value is -3.74. The summed E-state index contributed by atoms with van der Waals surface area (Å²) in [4.78, 5) is 30.1. The largest absolute Gasteiger partial charge is 0.493 e. The van der Waals surface area contributed by atoms with Crippen LogP contribution in [0.15, 0.2) is 54.7 Å². The van der Waals surface area contributed by atoms with Crippen LogP contribution < -0.4 is 4.74 Å². The van der Waals surface area contributed by atoms with Crippen LogP contribution in [0.1, 0.15) is 35.7 Å². The zero-order valence-corrected chi connectivity index (χ0v) is 19.1. The molecule has 0 unspecified atom stereocenters. The Morgan fingerprint density at radius 2 is 1.94 bits per heavy atom. The highest BCUT2D eigenvalue weighted by Crippen LogP contribution is 2.38. The molecule has 7 heteroatoms. The van der Waals surface area contributed by atoms with Crippen LogP contribution in [0.2, 0.25) is 0 Å². The molecule has 0 bridgehead atoms. The molecule has 1 amide bonds. The van der Waals surface area contributed by atoms with E-state index in [9.17, 15) is 14.0 Å². The Balaban J connectivity index is 1.62. The van der Waals surface area contributed by atoms with E-state index in [1.807, 2.05) is 31.2 Å². The first kappa shape index (κ1) is 23.4. The number of hydrogen-bond donors (Lipinski definition) is 1. The number of ether oxygens (including phenoxy) is 1. The van der Waals surface area contributed by atoms with Gasteiger partial charge in [-0.05, 0) is 66.3 Å². The zero-order chi connectivity index (χ0) is 24.1. The van der Waals surface area contributed by atoms with Crippen molar-refractivity contribution in [3.05, 3.63) is 82.9 Å². The lowest BCUT2D eigenvalue weighted by Gasteiger charge is -2.31. The molecule has 0 spiro atoms.